The first-order chi connectivity index (χ1) is 13.0. The fourth-order valence-electron chi connectivity index (χ4n) is 2.55. The predicted octanol–water partition coefficient (Wildman–Crippen LogP) is 1.60. The van der Waals surface area contributed by atoms with Gasteiger partial charge in [-0.1, -0.05) is 42.4 Å². The van der Waals surface area contributed by atoms with E-state index in [2.05, 4.69) is 10.5 Å². The Balaban J connectivity index is 1.96. The molecule has 0 saturated heterocycles. The molecule has 8 heteroatoms. The first-order valence-electron chi connectivity index (χ1n) is 8.49. The van der Waals surface area contributed by atoms with Crippen LogP contribution >= 0.6 is 0 Å². The Bertz CT molecular complexity index is 800. The zero-order valence-corrected chi connectivity index (χ0v) is 15.5. The lowest BCUT2D eigenvalue weighted by Gasteiger charge is -2.16. The zero-order valence-electron chi connectivity index (χ0n) is 15.5. The lowest BCUT2D eigenvalue weighted by molar-refractivity contribution is -0.145. The van der Waals surface area contributed by atoms with Crippen molar-refractivity contribution in [2.45, 2.75) is 32.7 Å². The molecule has 27 heavy (non-hydrogen) atoms. The number of aryl methyl sites for hydroxylation is 2. The van der Waals surface area contributed by atoms with E-state index in [1.165, 1.54) is 7.11 Å². The van der Waals surface area contributed by atoms with Gasteiger partial charge in [-0.15, -0.1) is 0 Å². The number of esters is 2. The number of nitrogens with one attached hydrogen (secondary N) is 1. The van der Waals surface area contributed by atoms with Crippen molar-refractivity contribution < 1.29 is 28.4 Å². The summed E-state index contributed by atoms with van der Waals surface area (Å²) in [5.41, 5.74) is 1.55. The van der Waals surface area contributed by atoms with Gasteiger partial charge in [0.15, 0.2) is 6.61 Å². The van der Waals surface area contributed by atoms with Crippen LogP contribution in [0.4, 0.5) is 0 Å². The molecule has 1 atom stereocenters. The first kappa shape index (κ1) is 20.2. The van der Waals surface area contributed by atoms with Crippen LogP contribution in [0.1, 0.15) is 34.3 Å². The predicted molar refractivity (Wildman–Crippen MR) is 95.0 cm³/mol. The number of benzene rings is 1. The van der Waals surface area contributed by atoms with E-state index in [1.807, 2.05) is 37.3 Å². The van der Waals surface area contributed by atoms with E-state index in [1.54, 1.807) is 6.92 Å². The molecule has 1 aromatic carbocycles. The third-order valence-electron chi connectivity index (χ3n) is 3.91. The van der Waals surface area contributed by atoms with Crippen molar-refractivity contribution in [1.82, 2.24) is 10.5 Å². The summed E-state index contributed by atoms with van der Waals surface area (Å²) in [4.78, 5) is 36.3. The van der Waals surface area contributed by atoms with Gasteiger partial charge < -0.3 is 19.3 Å². The van der Waals surface area contributed by atoms with E-state index in [9.17, 15) is 14.4 Å². The van der Waals surface area contributed by atoms with Gasteiger partial charge in [0.25, 0.3) is 5.91 Å². The fraction of sp³-hybridized carbons (Fsp3) is 0.368. The number of amides is 1. The molecule has 2 aromatic rings. The van der Waals surface area contributed by atoms with Crippen LogP contribution in [0.25, 0.3) is 0 Å². The van der Waals surface area contributed by atoms with Gasteiger partial charge in [-0.25, -0.2) is 9.59 Å². The molecule has 1 N–H and O–H groups in total. The third kappa shape index (κ3) is 5.40. The molecular formula is C19H22N2O6. The van der Waals surface area contributed by atoms with Crippen LogP contribution in [0, 0.1) is 6.92 Å². The van der Waals surface area contributed by atoms with Gasteiger partial charge in [-0.2, -0.15) is 0 Å². The van der Waals surface area contributed by atoms with Crippen molar-refractivity contribution in [3.05, 3.63) is 52.9 Å². The molecule has 1 aromatic heterocycles. The lowest BCUT2D eigenvalue weighted by Crippen LogP contribution is -2.44. The number of ether oxygens (including phenoxy) is 2. The number of methoxy groups -OCH3 is 1. The second kappa shape index (κ2) is 9.51. The largest absolute Gasteiger partial charge is 0.467 e. The van der Waals surface area contributed by atoms with Crippen molar-refractivity contribution in [2.24, 2.45) is 0 Å². The second-order valence-electron chi connectivity index (χ2n) is 5.82. The van der Waals surface area contributed by atoms with Crippen molar-refractivity contribution in [3.63, 3.8) is 0 Å². The molecule has 0 aliphatic heterocycles. The molecule has 0 fully saturated rings. The van der Waals surface area contributed by atoms with Gasteiger partial charge in [0.1, 0.15) is 17.4 Å². The maximum absolute atomic E-state index is 12.2. The number of aromatic nitrogens is 1. The minimum Gasteiger partial charge on any atom is -0.467 e. The van der Waals surface area contributed by atoms with Crippen molar-refractivity contribution in [3.8, 4) is 0 Å². The number of hydrogen-bond acceptors (Lipinski definition) is 7. The average molecular weight is 374 g/mol. The molecular weight excluding hydrogens is 352 g/mol. The molecule has 1 heterocycles. The van der Waals surface area contributed by atoms with Gasteiger partial charge >= 0.3 is 11.9 Å². The average Bonchev–Trinajstić information content (AvgIpc) is 3.06. The Morgan fingerprint density at radius 1 is 1.22 bits per heavy atom. The summed E-state index contributed by atoms with van der Waals surface area (Å²) in [6.07, 6.45) is 0.757. The molecule has 0 bridgehead atoms. The number of nitrogens with zero attached hydrogens (tertiary/aromatic N) is 1. The van der Waals surface area contributed by atoms with Crippen molar-refractivity contribution in [1.29, 1.82) is 0 Å². The molecule has 0 saturated carbocycles. The maximum atomic E-state index is 12.2. The van der Waals surface area contributed by atoms with Gasteiger partial charge in [0.2, 0.25) is 0 Å². The highest BCUT2D eigenvalue weighted by Crippen LogP contribution is 2.15. The Morgan fingerprint density at radius 2 is 1.93 bits per heavy atom. The Labute approximate surface area is 156 Å². The van der Waals surface area contributed by atoms with E-state index < -0.39 is 30.5 Å². The lowest BCUT2D eigenvalue weighted by atomic mass is 10.1. The standard InChI is InChI=1S/C19H22N2O6/c1-4-14-17(12(2)27-21-14)19(24)26-11-16(22)20-15(18(23)25-3)10-13-8-6-5-7-9-13/h5-9,15H,4,10-11H2,1-3H3,(H,20,22). The van der Waals surface area contributed by atoms with Gasteiger partial charge in [0.05, 0.1) is 12.8 Å². The second-order valence-corrected chi connectivity index (χ2v) is 5.82. The van der Waals surface area contributed by atoms with E-state index in [4.69, 9.17) is 14.0 Å². The fourth-order valence-corrected chi connectivity index (χ4v) is 2.55. The normalized spacial score (nSPS) is 11.5. The number of rotatable bonds is 8. The van der Waals surface area contributed by atoms with Crippen molar-refractivity contribution in [2.75, 3.05) is 13.7 Å². The summed E-state index contributed by atoms with van der Waals surface area (Å²) < 4.78 is 14.7. The SMILES string of the molecule is CCc1noc(C)c1C(=O)OCC(=O)NC(Cc1ccccc1)C(=O)OC. The molecule has 0 radical (unpaired) electrons. The monoisotopic (exact) mass is 374 g/mol. The maximum Gasteiger partial charge on any atom is 0.344 e. The van der Waals surface area contributed by atoms with Crippen LogP contribution in [0.3, 0.4) is 0 Å². The molecule has 1 amide bonds. The quantitative estimate of drug-likeness (QED) is 0.699. The molecule has 0 aliphatic rings. The molecule has 1 unspecified atom stereocenters. The topological polar surface area (TPSA) is 108 Å². The van der Waals surface area contributed by atoms with Gasteiger partial charge in [-0.05, 0) is 18.9 Å². The summed E-state index contributed by atoms with van der Waals surface area (Å²) in [6, 6.07) is 8.31. The van der Waals surface area contributed by atoms with E-state index in [0.29, 0.717) is 17.9 Å². The molecule has 8 nitrogen and oxygen atoms in total. The van der Waals surface area contributed by atoms with E-state index in [-0.39, 0.29) is 12.0 Å². The molecule has 0 aliphatic carbocycles. The molecule has 2 rings (SSSR count). The van der Waals surface area contributed by atoms with Crippen LogP contribution < -0.4 is 5.32 Å². The van der Waals surface area contributed by atoms with E-state index in [0.717, 1.165) is 5.56 Å². The summed E-state index contributed by atoms with van der Waals surface area (Å²) in [5.74, 6) is -1.56. The summed E-state index contributed by atoms with van der Waals surface area (Å²) in [7, 11) is 1.24. The van der Waals surface area contributed by atoms with Crippen LogP contribution in [0.15, 0.2) is 34.9 Å². The highest BCUT2D eigenvalue weighted by Gasteiger charge is 2.24. The van der Waals surface area contributed by atoms with Gasteiger partial charge in [-0.3, -0.25) is 4.79 Å². The Morgan fingerprint density at radius 3 is 2.56 bits per heavy atom. The van der Waals surface area contributed by atoms with E-state index >= 15 is 0 Å². The smallest absolute Gasteiger partial charge is 0.344 e. The number of hydrogen-bond donors (Lipinski definition) is 1. The molecule has 0 spiro atoms. The van der Waals surface area contributed by atoms with Crippen molar-refractivity contribution >= 4 is 17.8 Å². The minimum absolute atomic E-state index is 0.221. The Hall–Kier alpha value is -3.16. The summed E-state index contributed by atoms with van der Waals surface area (Å²) in [5, 5.41) is 6.30. The highest BCUT2D eigenvalue weighted by atomic mass is 16.5. The number of carbonyl (C=O) groups excluding carboxylic acids is 3. The van der Waals surface area contributed by atoms with Crippen LogP contribution in [0.2, 0.25) is 0 Å². The minimum atomic E-state index is -0.882. The van der Waals surface area contributed by atoms with Crippen LogP contribution in [-0.4, -0.2) is 42.8 Å². The highest BCUT2D eigenvalue weighted by molar-refractivity contribution is 5.93. The first-order valence-corrected chi connectivity index (χ1v) is 8.49. The van der Waals surface area contributed by atoms with Crippen LogP contribution in [0.5, 0.6) is 0 Å². The third-order valence-corrected chi connectivity index (χ3v) is 3.91. The zero-order chi connectivity index (χ0) is 19.8. The number of carbonyl (C=O) groups is 3. The Kier molecular flexibility index (Phi) is 7.10. The summed E-state index contributed by atoms with van der Waals surface area (Å²) >= 11 is 0. The summed E-state index contributed by atoms with van der Waals surface area (Å²) in [6.45, 7) is 2.89. The molecule has 144 valence electrons. The van der Waals surface area contributed by atoms with Crippen LogP contribution in [-0.2, 0) is 31.9 Å². The van der Waals surface area contributed by atoms with Gasteiger partial charge in [0, 0.05) is 6.42 Å².